The summed E-state index contributed by atoms with van der Waals surface area (Å²) in [5, 5.41) is 20.7. The van der Waals surface area contributed by atoms with Gasteiger partial charge in [0.05, 0.1) is 37.8 Å². The number of Topliss-reactive ketones (excluding diaryl/α,β-unsaturated/α-hetero) is 1. The van der Waals surface area contributed by atoms with Crippen LogP contribution in [0.5, 0.6) is 0 Å². The monoisotopic (exact) mass is 526 g/mol. The number of morpholine rings is 1. The van der Waals surface area contributed by atoms with Gasteiger partial charge in [-0.3, -0.25) is 9.59 Å². The lowest BCUT2D eigenvalue weighted by Gasteiger charge is -2.23. The number of nitrogens with two attached hydrogens (primary N) is 1. The van der Waals surface area contributed by atoms with Crippen molar-refractivity contribution in [2.75, 3.05) is 32.3 Å². The zero-order valence-electron chi connectivity index (χ0n) is 20.7. The van der Waals surface area contributed by atoms with E-state index < -0.39 is 0 Å². The number of ketones is 1. The number of benzene rings is 3. The highest BCUT2D eigenvalue weighted by atomic mass is 35.5. The first-order valence-corrected chi connectivity index (χ1v) is 12.6. The number of rotatable bonds is 8. The molecule has 4 rings (SSSR count). The molecule has 7 nitrogen and oxygen atoms in total. The van der Waals surface area contributed by atoms with Gasteiger partial charge in [0.1, 0.15) is 12.4 Å². The van der Waals surface area contributed by atoms with Crippen molar-refractivity contribution in [1.82, 2.24) is 5.32 Å². The zero-order chi connectivity index (χ0) is 26.9. The number of ether oxygens (including phenoxy) is 1. The van der Waals surface area contributed by atoms with Gasteiger partial charge in [0.25, 0.3) is 0 Å². The molecular formula is C29H35ClN2O5. The Hall–Kier alpha value is -3.07. The summed E-state index contributed by atoms with van der Waals surface area (Å²) in [6.45, 7) is 0.732. The number of aliphatic hydroxyl groups is 2. The number of aliphatic hydroxyl groups excluding tert-OH is 2. The summed E-state index contributed by atoms with van der Waals surface area (Å²) in [5.74, 6) is -0.180. The van der Waals surface area contributed by atoms with Crippen molar-refractivity contribution in [3.05, 3.63) is 108 Å². The fourth-order valence-electron chi connectivity index (χ4n) is 3.56. The standard InChI is InChI=1S/C11H13ClO2.C10H11NO2.C8H11NO/c12-7-11(14)6-10(8-13)9-4-2-1-3-5-9;12-10-7-13-6-9(11-10)8-4-2-1-3-5-8;9-8(6-10)7-4-2-1-3-5-7/h1-5,10,13H,6-8H2;1-5,9H,6-7H2,(H,11,12);1-5,8,10H,6,9H2/t10-;9-;8-/m111/s1. The number of nitrogens with one attached hydrogen (secondary N) is 1. The van der Waals surface area contributed by atoms with Crippen LogP contribution in [0.2, 0.25) is 0 Å². The predicted octanol–water partition coefficient (Wildman–Crippen LogP) is 3.51. The molecule has 0 bridgehead atoms. The van der Waals surface area contributed by atoms with Crippen molar-refractivity contribution >= 4 is 23.3 Å². The van der Waals surface area contributed by atoms with E-state index in [9.17, 15) is 9.59 Å². The Morgan fingerprint density at radius 2 is 1.46 bits per heavy atom. The third-order valence-corrected chi connectivity index (χ3v) is 5.89. The highest BCUT2D eigenvalue weighted by molar-refractivity contribution is 6.27. The van der Waals surface area contributed by atoms with Crippen LogP contribution in [0.3, 0.4) is 0 Å². The summed E-state index contributed by atoms with van der Waals surface area (Å²) in [5.41, 5.74) is 8.59. The molecule has 37 heavy (non-hydrogen) atoms. The van der Waals surface area contributed by atoms with Gasteiger partial charge in [-0.2, -0.15) is 0 Å². The minimum atomic E-state index is -0.235. The van der Waals surface area contributed by atoms with Gasteiger partial charge in [-0.1, -0.05) is 91.0 Å². The van der Waals surface area contributed by atoms with Crippen molar-refractivity contribution in [1.29, 1.82) is 0 Å². The highest BCUT2D eigenvalue weighted by Gasteiger charge is 2.19. The second kappa shape index (κ2) is 17.4. The average Bonchev–Trinajstić information content (AvgIpc) is 2.97. The van der Waals surface area contributed by atoms with E-state index in [1.165, 1.54) is 0 Å². The summed E-state index contributed by atoms with van der Waals surface area (Å²) >= 11 is 5.41. The molecule has 0 radical (unpaired) electrons. The van der Waals surface area contributed by atoms with Gasteiger partial charge in [-0.15, -0.1) is 11.6 Å². The van der Waals surface area contributed by atoms with E-state index in [0.29, 0.717) is 13.0 Å². The Morgan fingerprint density at radius 1 is 0.919 bits per heavy atom. The lowest BCUT2D eigenvalue weighted by Crippen LogP contribution is -2.39. The SMILES string of the molecule is N[C@H](CO)c1ccccc1.O=C(CCl)C[C@H](CO)c1ccccc1.O=C1COC[C@H](c2ccccc2)N1. The van der Waals surface area contributed by atoms with E-state index in [1.54, 1.807) is 0 Å². The molecule has 0 unspecified atom stereocenters. The fourth-order valence-corrected chi connectivity index (χ4v) is 3.67. The molecule has 3 aromatic carbocycles. The minimum Gasteiger partial charge on any atom is -0.396 e. The number of amides is 1. The van der Waals surface area contributed by atoms with Crippen LogP contribution in [-0.2, 0) is 14.3 Å². The third kappa shape index (κ3) is 11.2. The normalized spacial score (nSPS) is 16.1. The van der Waals surface area contributed by atoms with E-state index in [2.05, 4.69) is 5.32 Å². The molecule has 0 saturated carbocycles. The molecule has 1 aliphatic heterocycles. The van der Waals surface area contributed by atoms with E-state index >= 15 is 0 Å². The second-order valence-electron chi connectivity index (χ2n) is 8.41. The Bertz CT molecular complexity index is 1040. The van der Waals surface area contributed by atoms with Crippen molar-refractivity contribution in [2.45, 2.75) is 24.4 Å². The summed E-state index contributed by atoms with van der Waals surface area (Å²) in [7, 11) is 0. The average molecular weight is 527 g/mol. The molecular weight excluding hydrogens is 492 g/mol. The Morgan fingerprint density at radius 3 is 1.95 bits per heavy atom. The Balaban J connectivity index is 0.000000198. The van der Waals surface area contributed by atoms with E-state index in [0.717, 1.165) is 16.7 Å². The van der Waals surface area contributed by atoms with Gasteiger partial charge in [-0.05, 0) is 16.7 Å². The molecule has 198 valence electrons. The largest absolute Gasteiger partial charge is 0.396 e. The lowest BCUT2D eigenvalue weighted by molar-refractivity contribution is -0.131. The first-order chi connectivity index (χ1) is 18.0. The Kier molecular flexibility index (Phi) is 14.2. The van der Waals surface area contributed by atoms with Crippen molar-refractivity contribution in [3.8, 4) is 0 Å². The summed E-state index contributed by atoms with van der Waals surface area (Å²) in [6, 6.07) is 28.7. The van der Waals surface area contributed by atoms with Gasteiger partial charge in [-0.25, -0.2) is 0 Å². The number of carbonyl (C=O) groups is 2. The molecule has 1 fully saturated rings. The fraction of sp³-hybridized carbons (Fsp3) is 0.310. The lowest BCUT2D eigenvalue weighted by atomic mass is 9.95. The smallest absolute Gasteiger partial charge is 0.246 e. The van der Waals surface area contributed by atoms with Gasteiger partial charge >= 0.3 is 0 Å². The van der Waals surface area contributed by atoms with E-state index in [-0.39, 0.29) is 55.4 Å². The van der Waals surface area contributed by atoms with Crippen LogP contribution >= 0.6 is 11.6 Å². The van der Waals surface area contributed by atoms with Crippen LogP contribution in [0.4, 0.5) is 0 Å². The van der Waals surface area contributed by atoms with Crippen LogP contribution in [0.15, 0.2) is 91.0 Å². The van der Waals surface area contributed by atoms with Crippen LogP contribution in [0.1, 0.15) is 41.1 Å². The first-order valence-electron chi connectivity index (χ1n) is 12.0. The Labute approximate surface area is 223 Å². The van der Waals surface area contributed by atoms with Gasteiger partial charge in [0.2, 0.25) is 5.91 Å². The third-order valence-electron chi connectivity index (χ3n) is 5.59. The number of hydrogen-bond donors (Lipinski definition) is 4. The quantitative estimate of drug-likeness (QED) is 0.333. The minimum absolute atomic E-state index is 0.00398. The van der Waals surface area contributed by atoms with Crippen LogP contribution < -0.4 is 11.1 Å². The molecule has 5 N–H and O–H groups in total. The summed E-state index contributed by atoms with van der Waals surface area (Å²) in [6.07, 6.45) is 0.310. The topological polar surface area (TPSA) is 122 Å². The van der Waals surface area contributed by atoms with Crippen LogP contribution in [0, 0.1) is 0 Å². The molecule has 1 amide bonds. The molecule has 8 heteroatoms. The molecule has 1 saturated heterocycles. The van der Waals surface area contributed by atoms with E-state index in [4.69, 9.17) is 32.3 Å². The molecule has 0 aromatic heterocycles. The number of carbonyl (C=O) groups excluding carboxylic acids is 2. The summed E-state index contributed by atoms with van der Waals surface area (Å²) in [4.78, 5) is 22.1. The van der Waals surface area contributed by atoms with Crippen molar-refractivity contribution in [3.63, 3.8) is 0 Å². The van der Waals surface area contributed by atoms with E-state index in [1.807, 2.05) is 91.0 Å². The first kappa shape index (κ1) is 30.2. The van der Waals surface area contributed by atoms with Crippen molar-refractivity contribution in [2.24, 2.45) is 5.73 Å². The maximum atomic E-state index is 11.1. The number of halogens is 1. The van der Waals surface area contributed by atoms with Gasteiger partial charge < -0.3 is 26.0 Å². The maximum absolute atomic E-state index is 11.1. The molecule has 0 spiro atoms. The number of hydrogen-bond acceptors (Lipinski definition) is 6. The maximum Gasteiger partial charge on any atom is 0.246 e. The zero-order valence-corrected chi connectivity index (χ0v) is 21.5. The van der Waals surface area contributed by atoms with Crippen LogP contribution in [-0.4, -0.2) is 54.2 Å². The second-order valence-corrected chi connectivity index (χ2v) is 8.68. The van der Waals surface area contributed by atoms with Crippen molar-refractivity contribution < 1.29 is 24.5 Å². The molecule has 1 aliphatic rings. The molecule has 3 aromatic rings. The summed E-state index contributed by atoms with van der Waals surface area (Å²) < 4.78 is 5.14. The van der Waals surface area contributed by atoms with Crippen LogP contribution in [0.25, 0.3) is 0 Å². The van der Waals surface area contributed by atoms with Gasteiger partial charge in [0.15, 0.2) is 0 Å². The highest BCUT2D eigenvalue weighted by Crippen LogP contribution is 2.19. The van der Waals surface area contributed by atoms with Gasteiger partial charge in [0, 0.05) is 12.3 Å². The number of alkyl halides is 1. The molecule has 3 atom stereocenters. The predicted molar refractivity (Wildman–Crippen MR) is 145 cm³/mol. The molecule has 1 heterocycles. The molecule has 0 aliphatic carbocycles.